The van der Waals surface area contributed by atoms with E-state index in [1.54, 1.807) is 18.2 Å². The third kappa shape index (κ3) is 3.26. The maximum atomic E-state index is 11.3. The van der Waals surface area contributed by atoms with E-state index in [2.05, 4.69) is 0 Å². The van der Waals surface area contributed by atoms with Crippen molar-refractivity contribution in [1.29, 1.82) is 0 Å². The van der Waals surface area contributed by atoms with Gasteiger partial charge in [-0.3, -0.25) is 4.79 Å². The first kappa shape index (κ1) is 13.4. The number of Topliss-reactive ketones (excluding diaryl/α,β-unsaturated/α-hetero) is 1. The fourth-order valence-corrected chi connectivity index (χ4v) is 2.00. The van der Waals surface area contributed by atoms with Crippen molar-refractivity contribution in [2.45, 2.75) is 13.5 Å². The molecule has 0 aromatic heterocycles. The Morgan fingerprint density at radius 1 is 1.26 bits per heavy atom. The van der Waals surface area contributed by atoms with Crippen molar-refractivity contribution in [3.8, 4) is 5.75 Å². The van der Waals surface area contributed by atoms with Gasteiger partial charge in [0.05, 0.1) is 5.02 Å². The topological polar surface area (TPSA) is 52.3 Å². The van der Waals surface area contributed by atoms with Crippen molar-refractivity contribution in [2.75, 3.05) is 5.73 Å². The number of hydrogen-bond acceptors (Lipinski definition) is 3. The molecule has 0 spiro atoms. The predicted octanol–water partition coefficient (Wildman–Crippen LogP) is 3.70. The molecule has 0 aliphatic heterocycles. The summed E-state index contributed by atoms with van der Waals surface area (Å²) in [5.74, 6) is 0.544. The molecule has 0 radical (unpaired) electrons. The van der Waals surface area contributed by atoms with E-state index >= 15 is 0 Å². The Bertz CT molecular complexity index is 611. The Kier molecular flexibility index (Phi) is 4.07. The molecule has 3 nitrogen and oxygen atoms in total. The van der Waals surface area contributed by atoms with Gasteiger partial charge in [-0.25, -0.2) is 0 Å². The molecule has 2 rings (SSSR count). The summed E-state index contributed by atoms with van der Waals surface area (Å²) in [5, 5.41) is 0.394. The number of anilines is 1. The molecule has 0 atom stereocenters. The van der Waals surface area contributed by atoms with Crippen LogP contribution >= 0.6 is 11.6 Å². The van der Waals surface area contributed by atoms with E-state index in [0.717, 1.165) is 5.56 Å². The normalized spacial score (nSPS) is 10.2. The molecule has 0 bridgehead atoms. The molecule has 0 saturated carbocycles. The van der Waals surface area contributed by atoms with Crippen LogP contribution in [-0.2, 0) is 6.61 Å². The fraction of sp³-hybridized carbons (Fsp3) is 0.133. The van der Waals surface area contributed by atoms with Crippen molar-refractivity contribution in [2.24, 2.45) is 0 Å². The molecule has 2 N–H and O–H groups in total. The minimum Gasteiger partial charge on any atom is -0.489 e. The lowest BCUT2D eigenvalue weighted by molar-refractivity contribution is 0.101. The molecule has 0 unspecified atom stereocenters. The number of nitrogen functional groups attached to an aromatic ring is 1. The Labute approximate surface area is 117 Å². The van der Waals surface area contributed by atoms with Crippen molar-refractivity contribution >= 4 is 23.1 Å². The van der Waals surface area contributed by atoms with Crippen LogP contribution in [0.25, 0.3) is 0 Å². The molecule has 98 valence electrons. The van der Waals surface area contributed by atoms with E-state index in [0.29, 0.717) is 28.6 Å². The van der Waals surface area contributed by atoms with Crippen LogP contribution in [0.2, 0.25) is 5.02 Å². The average Bonchev–Trinajstić information content (AvgIpc) is 2.37. The molecule has 2 aromatic rings. The molecule has 0 heterocycles. The number of para-hydroxylation sites is 1. The third-order valence-electron chi connectivity index (χ3n) is 2.77. The van der Waals surface area contributed by atoms with Crippen LogP contribution in [0.5, 0.6) is 5.75 Å². The highest BCUT2D eigenvalue weighted by Crippen LogP contribution is 2.24. The van der Waals surface area contributed by atoms with E-state index in [9.17, 15) is 4.79 Å². The number of hydrogen-bond donors (Lipinski definition) is 1. The van der Waals surface area contributed by atoms with Gasteiger partial charge in [-0.1, -0.05) is 29.8 Å². The van der Waals surface area contributed by atoms with Gasteiger partial charge in [-0.2, -0.15) is 0 Å². The highest BCUT2D eigenvalue weighted by atomic mass is 35.5. The number of nitrogens with two attached hydrogens (primary N) is 1. The van der Waals surface area contributed by atoms with Gasteiger partial charge in [0, 0.05) is 16.8 Å². The monoisotopic (exact) mass is 275 g/mol. The Balaban J connectivity index is 2.11. The van der Waals surface area contributed by atoms with E-state index in [1.165, 1.54) is 6.92 Å². The maximum Gasteiger partial charge on any atom is 0.161 e. The first-order chi connectivity index (χ1) is 9.08. The number of benzene rings is 2. The summed E-state index contributed by atoms with van der Waals surface area (Å²) >= 11 is 6.01. The molecule has 0 amide bonds. The first-order valence-electron chi connectivity index (χ1n) is 5.84. The quantitative estimate of drug-likeness (QED) is 0.684. The predicted molar refractivity (Wildman–Crippen MR) is 76.6 cm³/mol. The summed E-state index contributed by atoms with van der Waals surface area (Å²) in [6, 6.07) is 12.5. The Morgan fingerprint density at radius 3 is 2.63 bits per heavy atom. The van der Waals surface area contributed by atoms with E-state index in [4.69, 9.17) is 22.1 Å². The standard InChI is InChI=1S/C15H14ClNO2/c1-10(18)13-7-6-12(8-14(13)16)19-9-11-4-2-3-5-15(11)17/h2-8H,9,17H2,1H3. The zero-order chi connectivity index (χ0) is 13.8. The van der Waals surface area contributed by atoms with Crippen LogP contribution < -0.4 is 10.5 Å². The molecule has 2 aromatic carbocycles. The summed E-state index contributed by atoms with van der Waals surface area (Å²) in [6.45, 7) is 1.84. The highest BCUT2D eigenvalue weighted by molar-refractivity contribution is 6.34. The van der Waals surface area contributed by atoms with Crippen LogP contribution in [0.1, 0.15) is 22.8 Å². The first-order valence-corrected chi connectivity index (χ1v) is 6.22. The molecular weight excluding hydrogens is 262 g/mol. The van der Waals surface area contributed by atoms with Gasteiger partial charge in [-0.05, 0) is 31.2 Å². The van der Waals surface area contributed by atoms with Crippen LogP contribution in [0.15, 0.2) is 42.5 Å². The summed E-state index contributed by atoms with van der Waals surface area (Å²) in [7, 11) is 0. The second kappa shape index (κ2) is 5.76. The molecule has 4 heteroatoms. The number of halogens is 1. The van der Waals surface area contributed by atoms with E-state index < -0.39 is 0 Å². The minimum atomic E-state index is -0.0659. The summed E-state index contributed by atoms with van der Waals surface area (Å²) in [5.41, 5.74) is 7.92. The van der Waals surface area contributed by atoms with Crippen LogP contribution in [0.3, 0.4) is 0 Å². The fourth-order valence-electron chi connectivity index (χ4n) is 1.70. The molecule has 0 saturated heterocycles. The minimum absolute atomic E-state index is 0.0659. The van der Waals surface area contributed by atoms with Crippen molar-refractivity contribution in [1.82, 2.24) is 0 Å². The lowest BCUT2D eigenvalue weighted by Gasteiger charge is -2.09. The van der Waals surface area contributed by atoms with Gasteiger partial charge in [0.15, 0.2) is 5.78 Å². The van der Waals surface area contributed by atoms with Gasteiger partial charge in [0.1, 0.15) is 12.4 Å². The third-order valence-corrected chi connectivity index (χ3v) is 3.08. The van der Waals surface area contributed by atoms with Gasteiger partial charge >= 0.3 is 0 Å². The summed E-state index contributed by atoms with van der Waals surface area (Å²) in [6.07, 6.45) is 0. The van der Waals surface area contributed by atoms with Crippen molar-refractivity contribution < 1.29 is 9.53 Å². The number of carbonyl (C=O) groups is 1. The molecule has 19 heavy (non-hydrogen) atoms. The molecule has 0 aliphatic carbocycles. The summed E-state index contributed by atoms with van der Waals surface area (Å²) < 4.78 is 5.61. The van der Waals surface area contributed by atoms with Gasteiger partial charge < -0.3 is 10.5 Å². The highest BCUT2D eigenvalue weighted by Gasteiger charge is 2.07. The second-order valence-electron chi connectivity index (χ2n) is 4.19. The number of carbonyl (C=O) groups excluding carboxylic acids is 1. The molecule has 0 fully saturated rings. The largest absolute Gasteiger partial charge is 0.489 e. The number of rotatable bonds is 4. The van der Waals surface area contributed by atoms with E-state index in [-0.39, 0.29) is 5.78 Å². The SMILES string of the molecule is CC(=O)c1ccc(OCc2ccccc2N)cc1Cl. The van der Waals surface area contributed by atoms with Crippen molar-refractivity contribution in [3.05, 3.63) is 58.6 Å². The van der Waals surface area contributed by atoms with Gasteiger partial charge in [0.25, 0.3) is 0 Å². The number of ether oxygens (including phenoxy) is 1. The molecule has 0 aliphatic rings. The lowest BCUT2D eigenvalue weighted by atomic mass is 10.1. The van der Waals surface area contributed by atoms with Crippen LogP contribution in [0, 0.1) is 0 Å². The Morgan fingerprint density at radius 2 is 2.00 bits per heavy atom. The summed E-state index contributed by atoms with van der Waals surface area (Å²) in [4.78, 5) is 11.3. The second-order valence-corrected chi connectivity index (χ2v) is 4.59. The van der Waals surface area contributed by atoms with Crippen LogP contribution in [-0.4, -0.2) is 5.78 Å². The average molecular weight is 276 g/mol. The zero-order valence-corrected chi connectivity index (χ0v) is 11.3. The zero-order valence-electron chi connectivity index (χ0n) is 10.5. The smallest absolute Gasteiger partial charge is 0.161 e. The lowest BCUT2D eigenvalue weighted by Crippen LogP contribution is -2.00. The van der Waals surface area contributed by atoms with Gasteiger partial charge in [-0.15, -0.1) is 0 Å². The maximum absolute atomic E-state index is 11.3. The van der Waals surface area contributed by atoms with Crippen molar-refractivity contribution in [3.63, 3.8) is 0 Å². The molecular formula is C15H14ClNO2. The Hall–Kier alpha value is -2.00. The number of ketones is 1. The van der Waals surface area contributed by atoms with Gasteiger partial charge in [0.2, 0.25) is 0 Å². The van der Waals surface area contributed by atoms with E-state index in [1.807, 2.05) is 24.3 Å². The van der Waals surface area contributed by atoms with Crippen LogP contribution in [0.4, 0.5) is 5.69 Å².